The van der Waals surface area contributed by atoms with Gasteiger partial charge >= 0.3 is 0 Å². The predicted octanol–water partition coefficient (Wildman–Crippen LogP) is 1.06. The first-order valence-electron chi connectivity index (χ1n) is 6.65. The largest absolute Gasteiger partial charge is 0.398 e. The van der Waals surface area contributed by atoms with Crippen LogP contribution in [0.3, 0.4) is 0 Å². The number of fused-ring (bicyclic) bond motifs is 1. The van der Waals surface area contributed by atoms with Crippen molar-refractivity contribution in [3.63, 3.8) is 0 Å². The maximum atomic E-state index is 12.1. The number of nitrogen functional groups attached to an aromatic ring is 1. The minimum absolute atomic E-state index is 0.125. The summed E-state index contributed by atoms with van der Waals surface area (Å²) in [5.41, 5.74) is 6.57. The molecule has 0 saturated carbocycles. The van der Waals surface area contributed by atoms with Crippen LogP contribution in [0.2, 0.25) is 0 Å². The molecule has 2 amide bonds. The van der Waals surface area contributed by atoms with E-state index in [1.807, 2.05) is 12.1 Å². The van der Waals surface area contributed by atoms with Crippen molar-refractivity contribution in [1.82, 2.24) is 10.3 Å². The van der Waals surface area contributed by atoms with Gasteiger partial charge in [-0.25, -0.2) is 0 Å². The second kappa shape index (κ2) is 4.44. The number of imide groups is 1. The van der Waals surface area contributed by atoms with Gasteiger partial charge in [-0.05, 0) is 32.0 Å². The Kier molecular flexibility index (Phi) is 2.83. The molecule has 108 valence electrons. The van der Waals surface area contributed by atoms with Crippen LogP contribution in [0.1, 0.15) is 13.8 Å². The normalized spacial score (nSPS) is 17.9. The molecule has 6 heteroatoms. The summed E-state index contributed by atoms with van der Waals surface area (Å²) in [4.78, 5) is 29.7. The van der Waals surface area contributed by atoms with Gasteiger partial charge in [0.2, 0.25) is 5.91 Å². The monoisotopic (exact) mass is 284 g/mol. The van der Waals surface area contributed by atoms with E-state index in [2.05, 4.69) is 10.3 Å². The van der Waals surface area contributed by atoms with Crippen LogP contribution < -0.4 is 16.0 Å². The Morgan fingerprint density at radius 2 is 2.00 bits per heavy atom. The number of hydrogen-bond acceptors (Lipinski definition) is 5. The number of piperazine rings is 1. The van der Waals surface area contributed by atoms with Gasteiger partial charge in [0.15, 0.2) is 0 Å². The van der Waals surface area contributed by atoms with Gasteiger partial charge < -0.3 is 10.6 Å². The zero-order chi connectivity index (χ0) is 15.2. The van der Waals surface area contributed by atoms with Gasteiger partial charge in [0.25, 0.3) is 5.91 Å². The lowest BCUT2D eigenvalue weighted by atomic mass is 9.96. The third-order valence-corrected chi connectivity index (χ3v) is 3.90. The summed E-state index contributed by atoms with van der Waals surface area (Å²) in [6, 6.07) is 5.45. The van der Waals surface area contributed by atoms with Gasteiger partial charge in [-0.2, -0.15) is 0 Å². The molecular formula is C15H16N4O2. The van der Waals surface area contributed by atoms with E-state index in [0.717, 1.165) is 16.5 Å². The number of carbonyl (C=O) groups is 2. The molecule has 2 aromatic rings. The molecular weight excluding hydrogens is 268 g/mol. The maximum absolute atomic E-state index is 12.1. The second-order valence-electron chi connectivity index (χ2n) is 5.62. The molecule has 0 atom stereocenters. The Bertz CT molecular complexity index is 754. The highest BCUT2D eigenvalue weighted by molar-refractivity contribution is 6.10. The highest BCUT2D eigenvalue weighted by Gasteiger charge is 2.41. The number of pyridine rings is 1. The number of nitrogens with one attached hydrogen (secondary N) is 1. The number of hydrogen-bond donors (Lipinski definition) is 2. The SMILES string of the molecule is CC1(C)C(=O)NC(=O)CN1c1ccc(N)c2cnccc12. The Balaban J connectivity index is 2.22. The highest BCUT2D eigenvalue weighted by Crippen LogP contribution is 2.34. The second-order valence-corrected chi connectivity index (χ2v) is 5.62. The van der Waals surface area contributed by atoms with Crippen LogP contribution in [0.25, 0.3) is 10.8 Å². The Hall–Kier alpha value is -2.63. The van der Waals surface area contributed by atoms with Crippen molar-refractivity contribution in [3.8, 4) is 0 Å². The van der Waals surface area contributed by atoms with Crippen LogP contribution in [0, 0.1) is 0 Å². The average molecular weight is 284 g/mol. The van der Waals surface area contributed by atoms with Crippen molar-refractivity contribution < 1.29 is 9.59 Å². The number of rotatable bonds is 1. The van der Waals surface area contributed by atoms with Crippen molar-refractivity contribution >= 4 is 34.0 Å². The summed E-state index contributed by atoms with van der Waals surface area (Å²) in [6.45, 7) is 3.70. The highest BCUT2D eigenvalue weighted by atomic mass is 16.2. The van der Waals surface area contributed by atoms with E-state index in [9.17, 15) is 9.59 Å². The Morgan fingerprint density at radius 3 is 2.76 bits per heavy atom. The molecule has 0 unspecified atom stereocenters. The quantitative estimate of drug-likeness (QED) is 0.604. The molecule has 2 heterocycles. The molecule has 1 saturated heterocycles. The number of benzene rings is 1. The topological polar surface area (TPSA) is 88.3 Å². The molecule has 3 N–H and O–H groups in total. The van der Waals surface area contributed by atoms with Gasteiger partial charge in [0.05, 0.1) is 6.54 Å². The number of anilines is 2. The first kappa shape index (κ1) is 13.4. The smallest absolute Gasteiger partial charge is 0.251 e. The van der Waals surface area contributed by atoms with E-state index < -0.39 is 5.54 Å². The molecule has 1 fully saturated rings. The molecule has 6 nitrogen and oxygen atoms in total. The molecule has 1 aliphatic rings. The molecule has 1 aliphatic heterocycles. The van der Waals surface area contributed by atoms with Gasteiger partial charge in [0.1, 0.15) is 5.54 Å². The van der Waals surface area contributed by atoms with Crippen LogP contribution >= 0.6 is 0 Å². The number of nitrogens with zero attached hydrogens (tertiary/aromatic N) is 2. The van der Waals surface area contributed by atoms with E-state index in [-0.39, 0.29) is 18.4 Å². The maximum Gasteiger partial charge on any atom is 0.251 e. The lowest BCUT2D eigenvalue weighted by molar-refractivity contribution is -0.135. The minimum Gasteiger partial charge on any atom is -0.398 e. The van der Waals surface area contributed by atoms with Crippen molar-refractivity contribution in [2.75, 3.05) is 17.2 Å². The number of carbonyl (C=O) groups excluding carboxylic acids is 2. The van der Waals surface area contributed by atoms with Crippen LogP contribution in [0.15, 0.2) is 30.6 Å². The van der Waals surface area contributed by atoms with Crippen molar-refractivity contribution in [2.24, 2.45) is 0 Å². The summed E-state index contributed by atoms with van der Waals surface area (Å²) in [7, 11) is 0. The predicted molar refractivity (Wildman–Crippen MR) is 80.7 cm³/mol. The standard InChI is InChI=1S/C15H16N4O2/c1-15(2)14(21)18-13(20)8-19(15)12-4-3-11(16)10-7-17-6-5-9(10)12/h3-7H,8,16H2,1-2H3,(H,18,20,21). The number of nitrogens with two attached hydrogens (primary N) is 1. The van der Waals surface area contributed by atoms with Gasteiger partial charge in [-0.1, -0.05) is 0 Å². The molecule has 1 aromatic carbocycles. The molecule has 1 aromatic heterocycles. The fourth-order valence-electron chi connectivity index (χ4n) is 2.60. The fraction of sp³-hybridized carbons (Fsp3) is 0.267. The zero-order valence-corrected chi connectivity index (χ0v) is 11.9. The zero-order valence-electron chi connectivity index (χ0n) is 11.9. The minimum atomic E-state index is -0.819. The van der Waals surface area contributed by atoms with Crippen molar-refractivity contribution in [1.29, 1.82) is 0 Å². The van der Waals surface area contributed by atoms with Crippen LogP contribution in [-0.4, -0.2) is 28.9 Å². The van der Waals surface area contributed by atoms with E-state index in [4.69, 9.17) is 5.73 Å². The summed E-state index contributed by atoms with van der Waals surface area (Å²) >= 11 is 0. The van der Waals surface area contributed by atoms with Crippen molar-refractivity contribution in [3.05, 3.63) is 30.6 Å². The summed E-state index contributed by atoms with van der Waals surface area (Å²) in [6.07, 6.45) is 3.36. The van der Waals surface area contributed by atoms with Gasteiger partial charge in [-0.15, -0.1) is 0 Å². The molecule has 0 bridgehead atoms. The number of aromatic nitrogens is 1. The first-order chi connectivity index (χ1) is 9.91. The average Bonchev–Trinajstić information content (AvgIpc) is 2.44. The molecule has 21 heavy (non-hydrogen) atoms. The van der Waals surface area contributed by atoms with E-state index in [1.165, 1.54) is 0 Å². The lowest BCUT2D eigenvalue weighted by Crippen LogP contribution is -2.64. The van der Waals surface area contributed by atoms with Crippen molar-refractivity contribution in [2.45, 2.75) is 19.4 Å². The molecule has 0 spiro atoms. The third kappa shape index (κ3) is 1.99. The molecule has 3 rings (SSSR count). The van der Waals surface area contributed by atoms with Gasteiger partial charge in [-0.3, -0.25) is 19.9 Å². The van der Waals surface area contributed by atoms with E-state index in [0.29, 0.717) is 5.69 Å². The van der Waals surface area contributed by atoms with Crippen LogP contribution in [-0.2, 0) is 9.59 Å². The fourth-order valence-corrected chi connectivity index (χ4v) is 2.60. The summed E-state index contributed by atoms with van der Waals surface area (Å²) in [5, 5.41) is 4.06. The Morgan fingerprint density at radius 1 is 1.24 bits per heavy atom. The van der Waals surface area contributed by atoms with Gasteiger partial charge in [0, 0.05) is 34.5 Å². The summed E-state index contributed by atoms with van der Waals surface area (Å²) in [5.74, 6) is -0.615. The van der Waals surface area contributed by atoms with Crippen LogP contribution in [0.5, 0.6) is 0 Å². The molecule has 0 aliphatic carbocycles. The number of amides is 2. The molecule has 0 radical (unpaired) electrons. The lowest BCUT2D eigenvalue weighted by Gasteiger charge is -2.42. The summed E-state index contributed by atoms with van der Waals surface area (Å²) < 4.78 is 0. The third-order valence-electron chi connectivity index (χ3n) is 3.90. The Labute approximate surface area is 121 Å². The first-order valence-corrected chi connectivity index (χ1v) is 6.65. The van der Waals surface area contributed by atoms with E-state index >= 15 is 0 Å². The van der Waals surface area contributed by atoms with E-state index in [1.54, 1.807) is 37.2 Å². The van der Waals surface area contributed by atoms with Crippen LogP contribution in [0.4, 0.5) is 11.4 Å².